The van der Waals surface area contributed by atoms with Gasteiger partial charge in [0.1, 0.15) is 11.8 Å². The van der Waals surface area contributed by atoms with Crippen molar-refractivity contribution in [1.82, 2.24) is 20.2 Å². The zero-order valence-corrected chi connectivity index (χ0v) is 27.1. The molecule has 2 aromatic heterocycles. The average molecular weight is 670 g/mol. The molecule has 2 aromatic carbocycles. The summed E-state index contributed by atoms with van der Waals surface area (Å²) in [5.74, 6) is -1.95. The molecular weight excluding hydrogens is 630 g/mol. The Morgan fingerprint density at radius 2 is 1.67 bits per heavy atom. The minimum atomic E-state index is -1.01. The molecule has 0 spiro atoms. The largest absolute Gasteiger partial charge is 0.382 e. The number of carbonyl (C=O) groups is 5. The monoisotopic (exact) mass is 669 g/mol. The molecule has 3 N–H and O–H groups in total. The van der Waals surface area contributed by atoms with Gasteiger partial charge in [0.2, 0.25) is 11.8 Å². The van der Waals surface area contributed by atoms with E-state index < -0.39 is 29.7 Å². The van der Waals surface area contributed by atoms with Crippen LogP contribution >= 0.6 is 0 Å². The van der Waals surface area contributed by atoms with E-state index in [2.05, 4.69) is 38.8 Å². The van der Waals surface area contributed by atoms with Crippen molar-refractivity contribution in [2.45, 2.75) is 44.6 Å². The molecule has 4 heterocycles. The number of aromatic amines is 1. The summed E-state index contributed by atoms with van der Waals surface area (Å²) in [6.45, 7) is 2.82. The third-order valence-corrected chi connectivity index (χ3v) is 8.68. The molecule has 4 amide bonds. The molecule has 13 heteroatoms. The number of fused-ring (bicyclic) bond motifs is 4. The molecule has 0 saturated carbocycles. The number of rotatable bonds is 18. The SMILES string of the molecule is O=C(CCCOCCOCCOCCNc1cccc2c1C(=O)N(C1CCC(=O)NC1=O)C2=O)CCc1ccc2c(c1)[nH]c1ccncc12. The van der Waals surface area contributed by atoms with Gasteiger partial charge in [0.25, 0.3) is 11.8 Å². The second-order valence-corrected chi connectivity index (χ2v) is 12.0. The molecule has 2 aliphatic rings. The van der Waals surface area contributed by atoms with Crippen molar-refractivity contribution in [2.75, 3.05) is 51.5 Å². The lowest BCUT2D eigenvalue weighted by atomic mass is 10.0. The first kappa shape index (κ1) is 33.9. The molecule has 1 fully saturated rings. The fourth-order valence-corrected chi connectivity index (χ4v) is 6.19. The molecule has 13 nitrogen and oxygen atoms in total. The van der Waals surface area contributed by atoms with Crippen LogP contribution in [0.2, 0.25) is 0 Å². The maximum Gasteiger partial charge on any atom is 0.264 e. The van der Waals surface area contributed by atoms with E-state index in [1.165, 1.54) is 0 Å². The number of benzene rings is 2. The second-order valence-electron chi connectivity index (χ2n) is 12.0. The number of ketones is 1. The Labute approximate surface area is 282 Å². The Hall–Kier alpha value is -4.98. The maximum atomic E-state index is 13.2. The lowest BCUT2D eigenvalue weighted by molar-refractivity contribution is -0.136. The van der Waals surface area contributed by atoms with Crippen molar-refractivity contribution in [1.29, 1.82) is 0 Å². The van der Waals surface area contributed by atoms with Gasteiger partial charge in [0.05, 0.1) is 44.2 Å². The van der Waals surface area contributed by atoms with Crippen molar-refractivity contribution in [3.05, 3.63) is 71.5 Å². The summed E-state index contributed by atoms with van der Waals surface area (Å²) in [5, 5.41) is 7.57. The van der Waals surface area contributed by atoms with Crippen molar-refractivity contribution >= 4 is 56.9 Å². The number of nitrogens with one attached hydrogen (secondary N) is 3. The molecule has 0 aliphatic carbocycles. The summed E-state index contributed by atoms with van der Waals surface area (Å²) >= 11 is 0. The lowest BCUT2D eigenvalue weighted by Gasteiger charge is -2.27. The second kappa shape index (κ2) is 15.9. The number of hydrogen-bond acceptors (Lipinski definition) is 10. The minimum absolute atomic E-state index is 0.0663. The van der Waals surface area contributed by atoms with Crippen LogP contribution in [-0.4, -0.2) is 96.5 Å². The number of ether oxygens (including phenoxy) is 3. The molecule has 49 heavy (non-hydrogen) atoms. The first-order chi connectivity index (χ1) is 23.9. The number of aryl methyl sites for hydroxylation is 1. The zero-order valence-electron chi connectivity index (χ0n) is 27.1. The summed E-state index contributed by atoms with van der Waals surface area (Å²) in [6, 6.07) is 12.1. The molecule has 1 unspecified atom stereocenters. The Bertz CT molecular complexity index is 1870. The number of anilines is 1. The van der Waals surface area contributed by atoms with E-state index in [1.807, 2.05) is 12.3 Å². The van der Waals surface area contributed by atoms with Crippen LogP contribution in [0, 0.1) is 0 Å². The van der Waals surface area contributed by atoms with E-state index in [1.54, 1.807) is 24.4 Å². The van der Waals surface area contributed by atoms with Crippen LogP contribution in [0.1, 0.15) is 58.4 Å². The number of Topliss-reactive ketones (excluding diaryl/α,β-unsaturated/α-hetero) is 1. The third-order valence-electron chi connectivity index (χ3n) is 8.68. The van der Waals surface area contributed by atoms with E-state index in [4.69, 9.17) is 14.2 Å². The van der Waals surface area contributed by atoms with Crippen LogP contribution in [0.5, 0.6) is 0 Å². The predicted octanol–water partition coefficient (Wildman–Crippen LogP) is 3.56. The van der Waals surface area contributed by atoms with E-state index >= 15 is 0 Å². The Morgan fingerprint density at radius 1 is 0.878 bits per heavy atom. The molecule has 256 valence electrons. The summed E-state index contributed by atoms with van der Waals surface area (Å²) in [6.07, 6.45) is 6.16. The van der Waals surface area contributed by atoms with Crippen molar-refractivity contribution in [2.24, 2.45) is 0 Å². The van der Waals surface area contributed by atoms with E-state index in [-0.39, 0.29) is 29.8 Å². The molecule has 4 aromatic rings. The van der Waals surface area contributed by atoms with E-state index in [0.29, 0.717) is 77.6 Å². The number of piperidine rings is 1. The van der Waals surface area contributed by atoms with Crippen molar-refractivity contribution in [3.63, 3.8) is 0 Å². The van der Waals surface area contributed by atoms with Gasteiger partial charge < -0.3 is 24.5 Å². The highest BCUT2D eigenvalue weighted by atomic mass is 16.5. The standard InChI is InChI=1S/C36H39N5O8/c42-24(8-6-23-7-9-25-27-22-37-13-12-28(27)39-30(25)21-23)3-2-15-47-17-19-49-20-18-48-16-14-38-29-5-1-4-26-33(29)36(46)41(35(26)45)31-10-11-32(43)40-34(31)44/h1,4-5,7,9,12-13,21-22,31,38-39H,2-3,6,8,10-11,14-20H2,(H,40,43,44). The van der Waals surface area contributed by atoms with Crippen LogP contribution in [0.15, 0.2) is 54.9 Å². The summed E-state index contributed by atoms with van der Waals surface area (Å²) in [5.41, 5.74) is 4.14. The first-order valence-corrected chi connectivity index (χ1v) is 16.6. The van der Waals surface area contributed by atoms with Gasteiger partial charge >= 0.3 is 0 Å². The predicted molar refractivity (Wildman–Crippen MR) is 180 cm³/mol. The molecule has 6 rings (SSSR count). The summed E-state index contributed by atoms with van der Waals surface area (Å²) in [4.78, 5) is 70.9. The van der Waals surface area contributed by atoms with Crippen molar-refractivity contribution < 1.29 is 38.2 Å². The fourth-order valence-electron chi connectivity index (χ4n) is 6.19. The number of amides is 4. The molecule has 1 saturated heterocycles. The van der Waals surface area contributed by atoms with Gasteiger partial charge in [0, 0.05) is 72.3 Å². The topological polar surface area (TPSA) is 169 Å². The Balaban J connectivity index is 0.790. The van der Waals surface area contributed by atoms with Crippen LogP contribution in [0.3, 0.4) is 0 Å². The highest BCUT2D eigenvalue weighted by Crippen LogP contribution is 2.32. The first-order valence-electron chi connectivity index (χ1n) is 16.6. The highest BCUT2D eigenvalue weighted by molar-refractivity contribution is 6.25. The van der Waals surface area contributed by atoms with Gasteiger partial charge in [-0.05, 0) is 49.1 Å². The van der Waals surface area contributed by atoms with Crippen LogP contribution in [0.25, 0.3) is 21.8 Å². The van der Waals surface area contributed by atoms with Crippen LogP contribution < -0.4 is 10.6 Å². The minimum Gasteiger partial charge on any atom is -0.382 e. The molecular formula is C36H39N5O8. The number of hydrogen-bond donors (Lipinski definition) is 3. The third kappa shape index (κ3) is 8.02. The fraction of sp³-hybridized carbons (Fsp3) is 0.389. The molecule has 0 radical (unpaired) electrons. The van der Waals surface area contributed by atoms with E-state index in [0.717, 1.165) is 32.3 Å². The normalized spacial score (nSPS) is 16.1. The van der Waals surface area contributed by atoms with Gasteiger partial charge in [-0.25, -0.2) is 0 Å². The summed E-state index contributed by atoms with van der Waals surface area (Å²) in [7, 11) is 0. The van der Waals surface area contributed by atoms with Gasteiger partial charge in [-0.3, -0.25) is 39.2 Å². The number of pyridine rings is 1. The number of aromatic nitrogens is 2. The molecule has 1 atom stereocenters. The zero-order chi connectivity index (χ0) is 34.2. The number of imide groups is 2. The number of nitrogens with zero attached hydrogens (tertiary/aromatic N) is 2. The number of carbonyl (C=O) groups excluding carboxylic acids is 5. The van der Waals surface area contributed by atoms with Gasteiger partial charge in [0.15, 0.2) is 0 Å². The lowest BCUT2D eigenvalue weighted by Crippen LogP contribution is -2.54. The Kier molecular flexibility index (Phi) is 11.0. The molecule has 2 aliphatic heterocycles. The van der Waals surface area contributed by atoms with Crippen molar-refractivity contribution in [3.8, 4) is 0 Å². The summed E-state index contributed by atoms with van der Waals surface area (Å²) < 4.78 is 16.8. The van der Waals surface area contributed by atoms with Gasteiger partial charge in [-0.1, -0.05) is 18.2 Å². The highest BCUT2D eigenvalue weighted by Gasteiger charge is 2.45. The van der Waals surface area contributed by atoms with Crippen LogP contribution in [0.4, 0.5) is 5.69 Å². The quantitative estimate of drug-likeness (QED) is 0.105. The van der Waals surface area contributed by atoms with E-state index in [9.17, 15) is 24.0 Å². The average Bonchev–Trinajstić information content (AvgIpc) is 3.59. The van der Waals surface area contributed by atoms with Gasteiger partial charge in [-0.15, -0.1) is 0 Å². The smallest absolute Gasteiger partial charge is 0.264 e. The maximum absolute atomic E-state index is 13.2. The van der Waals surface area contributed by atoms with Crippen LogP contribution in [-0.2, 0) is 35.0 Å². The molecule has 0 bridgehead atoms. The Morgan fingerprint density at radius 3 is 2.49 bits per heavy atom. The number of H-pyrrole nitrogens is 1. The van der Waals surface area contributed by atoms with Gasteiger partial charge in [-0.2, -0.15) is 0 Å².